The van der Waals surface area contributed by atoms with E-state index < -0.39 is 10.0 Å². The van der Waals surface area contributed by atoms with Crippen LogP contribution < -0.4 is 14.8 Å². The highest BCUT2D eigenvalue weighted by Gasteiger charge is 2.33. The smallest absolute Gasteiger partial charge is 0.243 e. The van der Waals surface area contributed by atoms with Crippen molar-refractivity contribution in [2.45, 2.75) is 43.2 Å². The molecule has 3 aliphatic rings. The van der Waals surface area contributed by atoms with Gasteiger partial charge < -0.3 is 14.8 Å². The Morgan fingerprint density at radius 2 is 1.57 bits per heavy atom. The normalized spacial score (nSPS) is 20.5. The molecule has 0 unspecified atom stereocenters. The number of ether oxygens (including phenoxy) is 2. The third-order valence-corrected chi connectivity index (χ3v) is 9.05. The summed E-state index contributed by atoms with van der Waals surface area (Å²) in [6.45, 7) is 4.41. The van der Waals surface area contributed by atoms with E-state index >= 15 is 0 Å². The fraction of sp³-hybridized carbons (Fsp3) is 0.500. The number of nitrogens with one attached hydrogen (secondary N) is 1. The molecule has 5 rings (SSSR count). The predicted molar refractivity (Wildman–Crippen MR) is 132 cm³/mol. The maximum absolute atomic E-state index is 13.2. The van der Waals surface area contributed by atoms with Crippen molar-refractivity contribution in [3.8, 4) is 11.5 Å². The van der Waals surface area contributed by atoms with E-state index in [-0.39, 0.29) is 22.8 Å². The van der Waals surface area contributed by atoms with Crippen molar-refractivity contribution in [3.63, 3.8) is 0 Å². The standard InChI is InChI=1S/C26H33N3O5S/c30-26(27-22-10-12-28(13-11-22)19-20-4-2-1-3-5-20)21-8-14-29(15-9-21)35(31,32)23-6-7-24-25(18-23)34-17-16-33-24/h1-7,18,21-22H,8-17,19H2,(H,27,30). The van der Waals surface area contributed by atoms with Crippen LogP contribution in [0.4, 0.5) is 0 Å². The average molecular weight is 500 g/mol. The van der Waals surface area contributed by atoms with Crippen LogP contribution >= 0.6 is 0 Å². The molecule has 0 radical (unpaired) electrons. The molecule has 9 heteroatoms. The topological polar surface area (TPSA) is 88.2 Å². The fourth-order valence-corrected chi connectivity index (χ4v) is 6.57. The van der Waals surface area contributed by atoms with Crippen molar-refractivity contribution >= 4 is 15.9 Å². The molecule has 0 saturated carbocycles. The number of hydrogen-bond acceptors (Lipinski definition) is 6. The molecule has 0 atom stereocenters. The van der Waals surface area contributed by atoms with Crippen LogP contribution in [0.25, 0.3) is 0 Å². The number of likely N-dealkylation sites (tertiary alicyclic amines) is 1. The minimum absolute atomic E-state index is 0.0582. The number of piperidine rings is 2. The van der Waals surface area contributed by atoms with Crippen LogP contribution in [0.5, 0.6) is 11.5 Å². The maximum atomic E-state index is 13.2. The lowest BCUT2D eigenvalue weighted by Gasteiger charge is -2.34. The first-order valence-electron chi connectivity index (χ1n) is 12.5. The largest absolute Gasteiger partial charge is 0.486 e. The van der Waals surface area contributed by atoms with Gasteiger partial charge in [-0.2, -0.15) is 4.31 Å². The van der Waals surface area contributed by atoms with Gasteiger partial charge in [-0.3, -0.25) is 9.69 Å². The van der Waals surface area contributed by atoms with E-state index in [4.69, 9.17) is 9.47 Å². The van der Waals surface area contributed by atoms with Crippen LogP contribution in [-0.2, 0) is 21.4 Å². The zero-order valence-corrected chi connectivity index (χ0v) is 20.7. The Morgan fingerprint density at radius 3 is 2.29 bits per heavy atom. The maximum Gasteiger partial charge on any atom is 0.243 e. The van der Waals surface area contributed by atoms with E-state index in [9.17, 15) is 13.2 Å². The Bertz CT molecular complexity index is 1120. The van der Waals surface area contributed by atoms with Crippen LogP contribution in [0.1, 0.15) is 31.2 Å². The van der Waals surface area contributed by atoms with E-state index in [1.165, 1.54) is 15.9 Å². The zero-order chi connectivity index (χ0) is 24.3. The molecule has 1 amide bonds. The molecule has 2 fully saturated rings. The molecular formula is C26H33N3O5S. The lowest BCUT2D eigenvalue weighted by Crippen LogP contribution is -2.48. The molecule has 1 N–H and O–H groups in total. The lowest BCUT2D eigenvalue weighted by atomic mass is 9.95. The molecule has 0 bridgehead atoms. The molecule has 2 aromatic rings. The first kappa shape index (κ1) is 24.1. The summed E-state index contributed by atoms with van der Waals surface area (Å²) in [5, 5.41) is 3.23. The van der Waals surface area contributed by atoms with Crippen molar-refractivity contribution in [2.24, 2.45) is 5.92 Å². The fourth-order valence-electron chi connectivity index (χ4n) is 5.09. The summed E-state index contributed by atoms with van der Waals surface area (Å²) in [4.78, 5) is 15.5. The van der Waals surface area contributed by atoms with Gasteiger partial charge in [-0.05, 0) is 43.4 Å². The third kappa shape index (κ3) is 5.63. The number of benzene rings is 2. The Hall–Kier alpha value is -2.62. The van der Waals surface area contributed by atoms with Gasteiger partial charge in [-0.25, -0.2) is 8.42 Å². The molecule has 8 nitrogen and oxygen atoms in total. The van der Waals surface area contributed by atoms with Crippen molar-refractivity contribution in [1.82, 2.24) is 14.5 Å². The Kier molecular flexibility index (Phi) is 7.27. The molecule has 3 aliphatic heterocycles. The van der Waals surface area contributed by atoms with E-state index in [2.05, 4.69) is 34.5 Å². The van der Waals surface area contributed by atoms with Crippen molar-refractivity contribution in [2.75, 3.05) is 39.4 Å². The molecule has 2 aromatic carbocycles. The van der Waals surface area contributed by atoms with Gasteiger partial charge in [0.05, 0.1) is 4.90 Å². The van der Waals surface area contributed by atoms with Gasteiger partial charge in [0.2, 0.25) is 15.9 Å². The summed E-state index contributed by atoms with van der Waals surface area (Å²) in [6, 6.07) is 15.4. The van der Waals surface area contributed by atoms with Gasteiger partial charge in [0.1, 0.15) is 13.2 Å². The number of sulfonamides is 1. The number of amides is 1. The Labute approximate surface area is 207 Å². The summed E-state index contributed by atoms with van der Waals surface area (Å²) in [5.74, 6) is 0.935. The second-order valence-corrected chi connectivity index (χ2v) is 11.5. The lowest BCUT2D eigenvalue weighted by molar-refractivity contribution is -0.127. The van der Waals surface area contributed by atoms with Gasteiger partial charge in [0.15, 0.2) is 11.5 Å². The van der Waals surface area contributed by atoms with E-state index in [0.29, 0.717) is 50.6 Å². The highest BCUT2D eigenvalue weighted by atomic mass is 32.2. The molecule has 188 valence electrons. The van der Waals surface area contributed by atoms with Crippen LogP contribution in [0, 0.1) is 5.92 Å². The molecule has 2 saturated heterocycles. The van der Waals surface area contributed by atoms with Gasteiger partial charge in [0.25, 0.3) is 0 Å². The SMILES string of the molecule is O=C(NC1CCN(Cc2ccccc2)CC1)C1CCN(S(=O)(=O)c2ccc3c(c2)OCCO3)CC1. The predicted octanol–water partition coefficient (Wildman–Crippen LogP) is 2.64. The van der Waals surface area contributed by atoms with Crippen molar-refractivity contribution in [3.05, 3.63) is 54.1 Å². The van der Waals surface area contributed by atoms with Crippen molar-refractivity contribution in [1.29, 1.82) is 0 Å². The van der Waals surface area contributed by atoms with E-state index in [1.807, 2.05) is 6.07 Å². The summed E-state index contributed by atoms with van der Waals surface area (Å²) < 4.78 is 38.8. The number of nitrogens with zero attached hydrogens (tertiary/aromatic N) is 2. The van der Waals surface area contributed by atoms with Crippen LogP contribution in [0.2, 0.25) is 0 Å². The Balaban J connectivity index is 1.09. The van der Waals surface area contributed by atoms with Crippen LogP contribution in [-0.4, -0.2) is 69.0 Å². The quantitative estimate of drug-likeness (QED) is 0.658. The van der Waals surface area contributed by atoms with Gasteiger partial charge in [-0.1, -0.05) is 30.3 Å². The zero-order valence-electron chi connectivity index (χ0n) is 19.9. The second-order valence-electron chi connectivity index (χ2n) is 9.53. The van der Waals surface area contributed by atoms with Crippen LogP contribution in [0.3, 0.4) is 0 Å². The molecule has 0 aromatic heterocycles. The molecule has 0 spiro atoms. The second kappa shape index (κ2) is 10.6. The summed E-state index contributed by atoms with van der Waals surface area (Å²) in [5.41, 5.74) is 1.31. The summed E-state index contributed by atoms with van der Waals surface area (Å²) >= 11 is 0. The van der Waals surface area contributed by atoms with Gasteiger partial charge >= 0.3 is 0 Å². The average Bonchev–Trinajstić information content (AvgIpc) is 2.90. The first-order valence-corrected chi connectivity index (χ1v) is 13.9. The van der Waals surface area contributed by atoms with Gasteiger partial charge in [-0.15, -0.1) is 0 Å². The van der Waals surface area contributed by atoms with E-state index in [1.54, 1.807) is 12.1 Å². The molecule has 0 aliphatic carbocycles. The monoisotopic (exact) mass is 499 g/mol. The van der Waals surface area contributed by atoms with Crippen molar-refractivity contribution < 1.29 is 22.7 Å². The van der Waals surface area contributed by atoms with Gasteiger partial charge in [0, 0.05) is 50.7 Å². The summed E-state index contributed by atoms with van der Waals surface area (Å²) in [7, 11) is -3.64. The van der Waals surface area contributed by atoms with E-state index in [0.717, 1.165) is 32.5 Å². The highest BCUT2D eigenvalue weighted by molar-refractivity contribution is 7.89. The number of rotatable bonds is 6. The van der Waals surface area contributed by atoms with Crippen LogP contribution in [0.15, 0.2) is 53.4 Å². The minimum atomic E-state index is -3.64. The Morgan fingerprint density at radius 1 is 0.886 bits per heavy atom. The number of carbonyl (C=O) groups excluding carboxylic acids is 1. The minimum Gasteiger partial charge on any atom is -0.486 e. The molecular weight excluding hydrogens is 466 g/mol. The third-order valence-electron chi connectivity index (χ3n) is 7.16. The summed E-state index contributed by atoms with van der Waals surface area (Å²) in [6.07, 6.45) is 2.94. The highest BCUT2D eigenvalue weighted by Crippen LogP contribution is 2.34. The molecule has 3 heterocycles. The number of carbonyl (C=O) groups is 1. The number of hydrogen-bond donors (Lipinski definition) is 1. The first-order chi connectivity index (χ1) is 17.0. The number of fused-ring (bicyclic) bond motifs is 1. The molecule has 35 heavy (non-hydrogen) atoms.